The highest BCUT2D eigenvalue weighted by Gasteiger charge is 2.16. The van der Waals surface area contributed by atoms with Crippen LogP contribution in [0.25, 0.3) is 5.95 Å². The summed E-state index contributed by atoms with van der Waals surface area (Å²) >= 11 is 5.98. The molecule has 0 aliphatic carbocycles. The second-order valence-corrected chi connectivity index (χ2v) is 4.59. The van der Waals surface area contributed by atoms with Gasteiger partial charge in [-0.25, -0.2) is 4.98 Å². The Morgan fingerprint density at radius 1 is 1.26 bits per heavy atom. The van der Waals surface area contributed by atoms with E-state index in [1.165, 1.54) is 0 Å². The van der Waals surface area contributed by atoms with Gasteiger partial charge in [0.2, 0.25) is 17.2 Å². The van der Waals surface area contributed by atoms with Gasteiger partial charge < -0.3 is 4.90 Å². The van der Waals surface area contributed by atoms with Crippen molar-refractivity contribution in [1.29, 1.82) is 0 Å². The molecule has 0 fully saturated rings. The Balaban J connectivity index is 2.36. The summed E-state index contributed by atoms with van der Waals surface area (Å²) in [5.74, 6) is 1.06. The number of halogens is 1. The molecule has 0 aliphatic rings. The van der Waals surface area contributed by atoms with Crippen LogP contribution in [0, 0.1) is 0 Å². The van der Waals surface area contributed by atoms with Gasteiger partial charge in [-0.2, -0.15) is 15.0 Å². The van der Waals surface area contributed by atoms with Gasteiger partial charge in [0.15, 0.2) is 0 Å². The molecule has 0 N–H and O–H groups in total. The zero-order valence-electron chi connectivity index (χ0n) is 11.3. The average molecular weight is 281 g/mol. The van der Waals surface area contributed by atoms with E-state index in [0.717, 1.165) is 12.8 Å². The second kappa shape index (κ2) is 5.97. The minimum Gasteiger partial charge on any atom is -0.341 e. The van der Waals surface area contributed by atoms with Crippen molar-refractivity contribution in [3.05, 3.63) is 24.0 Å². The van der Waals surface area contributed by atoms with Crippen molar-refractivity contribution in [2.45, 2.75) is 32.7 Å². The number of hydrogen-bond acceptors (Lipinski definition) is 5. The highest BCUT2D eigenvalue weighted by molar-refractivity contribution is 6.28. The molecule has 0 bridgehead atoms. The molecule has 0 unspecified atom stereocenters. The maximum Gasteiger partial charge on any atom is 0.241 e. The zero-order chi connectivity index (χ0) is 13.8. The van der Waals surface area contributed by atoms with Crippen LogP contribution in [0.3, 0.4) is 0 Å². The standard InChI is InChI=1S/C12H17ClN6/c1-4-9(5-2)18(3)11-15-10(13)16-12(17-11)19-7-6-14-8-19/h6-9H,4-5H2,1-3H3. The third kappa shape index (κ3) is 3.01. The van der Waals surface area contributed by atoms with Crippen LogP contribution in [0.5, 0.6) is 0 Å². The van der Waals surface area contributed by atoms with Crippen molar-refractivity contribution in [2.24, 2.45) is 0 Å². The lowest BCUT2D eigenvalue weighted by Gasteiger charge is -2.26. The van der Waals surface area contributed by atoms with E-state index >= 15 is 0 Å². The van der Waals surface area contributed by atoms with Gasteiger partial charge >= 0.3 is 0 Å². The lowest BCUT2D eigenvalue weighted by atomic mass is 10.1. The highest BCUT2D eigenvalue weighted by Crippen LogP contribution is 2.17. The number of rotatable bonds is 5. The van der Waals surface area contributed by atoms with Crippen LogP contribution in [0.4, 0.5) is 5.95 Å². The summed E-state index contributed by atoms with van der Waals surface area (Å²) in [6, 6.07) is 0.383. The van der Waals surface area contributed by atoms with Gasteiger partial charge in [0.05, 0.1) is 0 Å². The molecular weight excluding hydrogens is 264 g/mol. The Bertz CT molecular complexity index is 523. The fourth-order valence-corrected chi connectivity index (χ4v) is 2.13. The summed E-state index contributed by atoms with van der Waals surface area (Å²) in [5.41, 5.74) is 0. The van der Waals surface area contributed by atoms with Crippen molar-refractivity contribution in [3.63, 3.8) is 0 Å². The topological polar surface area (TPSA) is 59.7 Å². The fourth-order valence-electron chi connectivity index (χ4n) is 1.98. The Labute approximate surface area is 117 Å². The summed E-state index contributed by atoms with van der Waals surface area (Å²) in [5, 5.41) is 0.187. The minimum atomic E-state index is 0.187. The van der Waals surface area contributed by atoms with Crippen LogP contribution in [0.2, 0.25) is 5.28 Å². The Morgan fingerprint density at radius 3 is 2.58 bits per heavy atom. The summed E-state index contributed by atoms with van der Waals surface area (Å²) in [4.78, 5) is 18.8. The quantitative estimate of drug-likeness (QED) is 0.841. The third-order valence-electron chi connectivity index (χ3n) is 3.13. The predicted molar refractivity (Wildman–Crippen MR) is 74.7 cm³/mol. The Kier molecular flexibility index (Phi) is 4.31. The van der Waals surface area contributed by atoms with Gasteiger partial charge in [-0.3, -0.25) is 4.57 Å². The van der Waals surface area contributed by atoms with E-state index in [-0.39, 0.29) is 5.28 Å². The lowest BCUT2D eigenvalue weighted by molar-refractivity contribution is 0.579. The molecule has 2 heterocycles. The molecule has 0 aliphatic heterocycles. The summed E-state index contributed by atoms with van der Waals surface area (Å²) in [6.45, 7) is 4.29. The maximum absolute atomic E-state index is 5.98. The molecule has 2 aromatic rings. The van der Waals surface area contributed by atoms with Crippen molar-refractivity contribution in [1.82, 2.24) is 24.5 Å². The number of nitrogens with zero attached hydrogens (tertiary/aromatic N) is 6. The van der Waals surface area contributed by atoms with Crippen LogP contribution in [-0.2, 0) is 0 Å². The number of anilines is 1. The molecule has 2 aromatic heterocycles. The lowest BCUT2D eigenvalue weighted by Crippen LogP contribution is -2.32. The first-order valence-electron chi connectivity index (χ1n) is 6.28. The average Bonchev–Trinajstić information content (AvgIpc) is 2.93. The molecule has 0 spiro atoms. The monoisotopic (exact) mass is 280 g/mol. The van der Waals surface area contributed by atoms with Gasteiger partial charge in [0, 0.05) is 25.5 Å². The van der Waals surface area contributed by atoms with E-state index in [9.17, 15) is 0 Å². The molecule has 0 amide bonds. The molecule has 6 nitrogen and oxygen atoms in total. The van der Waals surface area contributed by atoms with E-state index in [1.54, 1.807) is 23.3 Å². The van der Waals surface area contributed by atoms with Crippen LogP contribution in [0.15, 0.2) is 18.7 Å². The smallest absolute Gasteiger partial charge is 0.241 e. The summed E-state index contributed by atoms with van der Waals surface area (Å²) in [6.07, 6.45) is 7.12. The van der Waals surface area contributed by atoms with Crippen molar-refractivity contribution in [3.8, 4) is 5.95 Å². The highest BCUT2D eigenvalue weighted by atomic mass is 35.5. The van der Waals surface area contributed by atoms with Gasteiger partial charge in [-0.1, -0.05) is 13.8 Å². The molecule has 0 saturated heterocycles. The van der Waals surface area contributed by atoms with Crippen LogP contribution >= 0.6 is 11.6 Å². The van der Waals surface area contributed by atoms with E-state index in [4.69, 9.17) is 11.6 Å². The Hall–Kier alpha value is -1.69. The van der Waals surface area contributed by atoms with Gasteiger partial charge in [-0.15, -0.1) is 0 Å². The molecule has 0 saturated carbocycles. The van der Waals surface area contributed by atoms with Gasteiger partial charge in [0.25, 0.3) is 0 Å². The molecule has 2 rings (SSSR count). The number of aromatic nitrogens is 5. The SMILES string of the molecule is CCC(CC)N(C)c1nc(Cl)nc(-n2ccnc2)n1. The first kappa shape index (κ1) is 13.7. The van der Waals surface area contributed by atoms with E-state index in [1.807, 2.05) is 11.9 Å². The van der Waals surface area contributed by atoms with E-state index in [2.05, 4.69) is 33.8 Å². The van der Waals surface area contributed by atoms with Crippen LogP contribution in [-0.4, -0.2) is 37.6 Å². The first-order chi connectivity index (χ1) is 9.15. The van der Waals surface area contributed by atoms with Crippen molar-refractivity contribution < 1.29 is 0 Å². The molecule has 7 heteroatoms. The Morgan fingerprint density at radius 2 is 2.00 bits per heavy atom. The van der Waals surface area contributed by atoms with Crippen LogP contribution in [0.1, 0.15) is 26.7 Å². The van der Waals surface area contributed by atoms with Crippen molar-refractivity contribution >= 4 is 17.5 Å². The maximum atomic E-state index is 5.98. The minimum absolute atomic E-state index is 0.187. The molecule has 0 aromatic carbocycles. The summed E-state index contributed by atoms with van der Waals surface area (Å²) < 4.78 is 1.71. The molecule has 0 radical (unpaired) electrons. The van der Waals surface area contributed by atoms with Crippen LogP contribution < -0.4 is 4.90 Å². The van der Waals surface area contributed by atoms with E-state index < -0.39 is 0 Å². The van der Waals surface area contributed by atoms with Gasteiger partial charge in [-0.05, 0) is 24.4 Å². The molecular formula is C12H17ClN6. The fraction of sp³-hybridized carbons (Fsp3) is 0.500. The zero-order valence-corrected chi connectivity index (χ0v) is 12.0. The first-order valence-corrected chi connectivity index (χ1v) is 6.66. The second-order valence-electron chi connectivity index (χ2n) is 4.26. The number of hydrogen-bond donors (Lipinski definition) is 0. The summed E-state index contributed by atoms with van der Waals surface area (Å²) in [7, 11) is 1.97. The molecule has 102 valence electrons. The molecule has 0 atom stereocenters. The van der Waals surface area contributed by atoms with E-state index in [0.29, 0.717) is 17.9 Å². The largest absolute Gasteiger partial charge is 0.341 e. The van der Waals surface area contributed by atoms with Gasteiger partial charge in [0.1, 0.15) is 6.33 Å². The normalized spacial score (nSPS) is 11.0. The third-order valence-corrected chi connectivity index (χ3v) is 3.29. The number of imidazole rings is 1. The van der Waals surface area contributed by atoms with Crippen molar-refractivity contribution in [2.75, 3.05) is 11.9 Å². The molecule has 19 heavy (non-hydrogen) atoms. The predicted octanol–water partition coefficient (Wildman–Crippen LogP) is 2.34.